The second-order valence-electron chi connectivity index (χ2n) is 14.6. The summed E-state index contributed by atoms with van der Waals surface area (Å²) in [5, 5.41) is 0. The van der Waals surface area contributed by atoms with Gasteiger partial charge < -0.3 is 14.2 Å². The first kappa shape index (κ1) is 33.4. The predicted octanol–water partition coefficient (Wildman–Crippen LogP) is 0.176. The predicted molar refractivity (Wildman–Crippen MR) is 168 cm³/mol. The number of carbonyl (C=O) groups is 3. The number of hydrogen-bond donors (Lipinski definition) is 0. The molecule has 6 nitrogen and oxygen atoms in total. The number of halogens is 2. The van der Waals surface area contributed by atoms with E-state index in [0.29, 0.717) is 50.7 Å². The third-order valence-corrected chi connectivity index (χ3v) is 10.7. The molecule has 8 aliphatic carbocycles. The molecule has 8 aliphatic rings. The van der Waals surface area contributed by atoms with Crippen LogP contribution in [0.5, 0.6) is 0 Å². The Bertz CT molecular complexity index is 1060. The van der Waals surface area contributed by atoms with E-state index in [1.165, 1.54) is 0 Å². The van der Waals surface area contributed by atoms with Crippen molar-refractivity contribution >= 4 is 89.7 Å². The lowest BCUT2D eigenvalue weighted by Gasteiger charge is -2.60. The van der Waals surface area contributed by atoms with Crippen molar-refractivity contribution in [2.75, 3.05) is 6.61 Å². The molecule has 0 aromatic carbocycles. The molecule has 4 unspecified atom stereocenters. The van der Waals surface area contributed by atoms with Gasteiger partial charge in [0.1, 0.15) is 23.6 Å². The van der Waals surface area contributed by atoms with E-state index in [0.717, 1.165) is 38.5 Å². The molecule has 4 atom stereocenters. The minimum atomic E-state index is -3.53. The van der Waals surface area contributed by atoms with Crippen LogP contribution < -0.4 is 0 Å². The Balaban J connectivity index is 0.000000319. The fraction of sp³-hybridized carbons (Fsp3) is 0.880. The van der Waals surface area contributed by atoms with Crippen LogP contribution >= 0.6 is 0 Å². The number of Topliss-reactive ketones (excluding diaryl/α,β-unsaturated/α-hetero) is 1. The summed E-state index contributed by atoms with van der Waals surface area (Å²) in [6, 6.07) is 0. The lowest BCUT2D eigenvalue weighted by Crippen LogP contribution is -2.62. The van der Waals surface area contributed by atoms with Gasteiger partial charge in [0, 0.05) is 97.1 Å². The monoisotopic (exact) mass is 576 g/mol. The third-order valence-electron chi connectivity index (χ3n) is 10.7. The molecule has 8 saturated carbocycles. The van der Waals surface area contributed by atoms with Crippen molar-refractivity contribution in [1.29, 1.82) is 0 Å². The van der Waals surface area contributed by atoms with Crippen molar-refractivity contribution < 1.29 is 37.4 Å². The number of carbonyl (C=O) groups excluding carboxylic acids is 3. The summed E-state index contributed by atoms with van der Waals surface area (Å²) < 4.78 is 44.7. The van der Waals surface area contributed by atoms with Crippen LogP contribution in [0.1, 0.15) is 77.6 Å². The van der Waals surface area contributed by atoms with Gasteiger partial charge in [-0.3, -0.25) is 4.79 Å². The molecule has 0 aliphatic heterocycles. The van der Waals surface area contributed by atoms with Gasteiger partial charge in [0.15, 0.2) is 0 Å². The normalized spacial score (nSPS) is 38.1. The van der Waals surface area contributed by atoms with E-state index >= 15 is 0 Å². The second kappa shape index (κ2) is 12.0. The van der Waals surface area contributed by atoms with Crippen molar-refractivity contribution in [3.8, 4) is 0 Å². The highest BCUT2D eigenvalue weighted by molar-refractivity contribution is 8.00. The van der Waals surface area contributed by atoms with Crippen LogP contribution in [0.3, 0.4) is 0 Å². The van der Waals surface area contributed by atoms with Gasteiger partial charge >= 0.3 is 17.9 Å². The van der Waals surface area contributed by atoms with Crippen molar-refractivity contribution in [3.63, 3.8) is 0 Å². The van der Waals surface area contributed by atoms with E-state index in [4.69, 9.17) is 60.6 Å². The molecule has 0 spiro atoms. The van der Waals surface area contributed by atoms with E-state index in [9.17, 15) is 23.2 Å². The molecule has 8 bridgehead atoms. The number of ketones is 1. The highest BCUT2D eigenvalue weighted by atomic mass is 19.3. The molecule has 8 rings (SSSR count). The Morgan fingerprint density at radius 1 is 0.767 bits per heavy atom. The van der Waals surface area contributed by atoms with Crippen LogP contribution in [-0.2, 0) is 28.6 Å². The van der Waals surface area contributed by atoms with Crippen molar-refractivity contribution in [1.82, 2.24) is 0 Å². The number of esters is 2. The SMILES string of the molecule is CC(F)(F)C(=O)OC12CC3CC(CC(OCC(=O)OC45CC6CC(C4)C(=O)C(C6)C5)(C3)C1)C2.[B]B([B])B(B([B])[B])B([B])[B]. The standard InChI is InChI=1S/C25H32F2O6.B10/c1-22(26,27)21(30)33-25-8-15-2-16(9-25)7-24(6-15,13-25)31-12-19(28)32-23-5-14-3-17(10-23)20(29)18(4-14)11-23;1-7(2)10(8(3)4)9(5)6/h14-18H,2-13H2,1H3;. The Labute approximate surface area is 263 Å². The number of ether oxygens (including phenoxy) is 3. The molecule has 18 heteroatoms. The molecule has 0 heterocycles. The van der Waals surface area contributed by atoms with Gasteiger partial charge in [-0.1, -0.05) is 0 Å². The summed E-state index contributed by atoms with van der Waals surface area (Å²) in [6.07, 6.45) is 5.52. The van der Waals surface area contributed by atoms with Crippen LogP contribution in [0, 0.1) is 29.6 Å². The third kappa shape index (κ3) is 7.09. The highest BCUT2D eigenvalue weighted by Crippen LogP contribution is 2.61. The number of hydrogen-bond acceptors (Lipinski definition) is 6. The van der Waals surface area contributed by atoms with Crippen molar-refractivity contribution in [2.45, 2.75) is 100 Å². The molecule has 0 amide bonds. The Morgan fingerprint density at radius 3 is 1.72 bits per heavy atom. The maximum Gasteiger partial charge on any atom is 0.377 e. The Morgan fingerprint density at radius 2 is 1.26 bits per heavy atom. The minimum Gasteiger partial charge on any atom is -0.457 e. The fourth-order valence-electron chi connectivity index (χ4n) is 9.72. The summed E-state index contributed by atoms with van der Waals surface area (Å²) in [6.45, 7) is 0.374. The van der Waals surface area contributed by atoms with Crippen LogP contribution in [0.15, 0.2) is 0 Å². The molecule has 212 valence electrons. The lowest BCUT2D eigenvalue weighted by molar-refractivity contribution is -0.247. The molecular formula is C25H32B10F2O6. The first-order valence-electron chi connectivity index (χ1n) is 15.5. The zero-order chi connectivity index (χ0) is 31.5. The maximum atomic E-state index is 13.5. The van der Waals surface area contributed by atoms with E-state index in [1.807, 2.05) is 0 Å². The molecule has 0 N–H and O–H groups in total. The van der Waals surface area contributed by atoms with E-state index in [1.54, 1.807) is 0 Å². The first-order chi connectivity index (χ1) is 19.9. The molecule has 8 fully saturated rings. The van der Waals surface area contributed by atoms with E-state index in [-0.39, 0.29) is 30.3 Å². The molecular weight excluding hydrogens is 542 g/mol. The summed E-state index contributed by atoms with van der Waals surface area (Å²) in [5.74, 6) is -4.06. The fourth-order valence-corrected chi connectivity index (χ4v) is 9.72. The van der Waals surface area contributed by atoms with Gasteiger partial charge in [0.25, 0.3) is 0 Å². The smallest absolute Gasteiger partial charge is 0.377 e. The summed E-state index contributed by atoms with van der Waals surface area (Å²) in [7, 11) is 31.8. The number of rotatable bonds is 9. The molecule has 0 saturated heterocycles. The van der Waals surface area contributed by atoms with Crippen molar-refractivity contribution in [2.24, 2.45) is 29.6 Å². The average Bonchev–Trinajstić information content (AvgIpc) is 2.83. The van der Waals surface area contributed by atoms with Gasteiger partial charge in [0.2, 0.25) is 0 Å². The maximum absolute atomic E-state index is 13.5. The Hall–Kier alpha value is -0.921. The van der Waals surface area contributed by atoms with Gasteiger partial charge in [-0.25, -0.2) is 9.59 Å². The van der Waals surface area contributed by atoms with Gasteiger partial charge in [0.05, 0.1) is 5.60 Å². The topological polar surface area (TPSA) is 78.9 Å². The van der Waals surface area contributed by atoms with Crippen LogP contribution in [0.2, 0.25) is 0 Å². The average molecular weight is 575 g/mol. The molecule has 0 aromatic rings. The zero-order valence-corrected chi connectivity index (χ0v) is 24.9. The first-order valence-corrected chi connectivity index (χ1v) is 15.5. The molecule has 43 heavy (non-hydrogen) atoms. The van der Waals surface area contributed by atoms with E-state index in [2.05, 4.69) is 0 Å². The summed E-state index contributed by atoms with van der Waals surface area (Å²) in [5.41, 5.74) is -2.09. The molecule has 12 radical (unpaired) electrons. The second-order valence-corrected chi connectivity index (χ2v) is 14.6. The zero-order valence-electron chi connectivity index (χ0n) is 24.9. The summed E-state index contributed by atoms with van der Waals surface area (Å²) >= 11 is 0. The summed E-state index contributed by atoms with van der Waals surface area (Å²) in [4.78, 5) is 37.3. The minimum absolute atomic E-state index is 0.0272. The van der Waals surface area contributed by atoms with Gasteiger partial charge in [-0.05, 0) is 82.0 Å². The largest absolute Gasteiger partial charge is 0.457 e. The van der Waals surface area contributed by atoms with Crippen LogP contribution in [-0.4, -0.2) is 119 Å². The molecule has 0 aromatic heterocycles. The van der Waals surface area contributed by atoms with Crippen molar-refractivity contribution in [3.05, 3.63) is 0 Å². The number of alkyl halides is 2. The van der Waals surface area contributed by atoms with Crippen LogP contribution in [0.4, 0.5) is 8.78 Å². The Kier molecular flexibility index (Phi) is 9.35. The highest BCUT2D eigenvalue weighted by Gasteiger charge is 2.62. The quantitative estimate of drug-likeness (QED) is 0.289. The van der Waals surface area contributed by atoms with E-state index < -0.39 is 60.2 Å². The van der Waals surface area contributed by atoms with Crippen LogP contribution in [0.25, 0.3) is 0 Å². The van der Waals surface area contributed by atoms with Gasteiger partial charge in [-0.15, -0.1) is 0 Å². The van der Waals surface area contributed by atoms with Gasteiger partial charge in [-0.2, -0.15) is 8.78 Å². The lowest BCUT2D eigenvalue weighted by atomic mass is 8.58.